The lowest BCUT2D eigenvalue weighted by Gasteiger charge is -2.22. The number of nitrogens with zero attached hydrogens (tertiary/aromatic N) is 1. The second-order valence-corrected chi connectivity index (χ2v) is 7.04. The normalized spacial score (nSPS) is 11.5. The van der Waals surface area contributed by atoms with E-state index >= 15 is 0 Å². The van der Waals surface area contributed by atoms with Crippen LogP contribution in [0.4, 0.5) is 5.13 Å². The molecule has 1 aromatic carbocycles. The molecule has 4 heteroatoms. The van der Waals surface area contributed by atoms with Crippen molar-refractivity contribution in [3.63, 3.8) is 0 Å². The van der Waals surface area contributed by atoms with Crippen molar-refractivity contribution in [2.45, 2.75) is 33.1 Å². The molecule has 3 nitrogen and oxygen atoms in total. The molecular formula is C16H22N2OS. The quantitative estimate of drug-likeness (QED) is 0.906. The van der Waals surface area contributed by atoms with Crippen LogP contribution in [0.15, 0.2) is 18.2 Å². The third-order valence-electron chi connectivity index (χ3n) is 3.29. The van der Waals surface area contributed by atoms with Gasteiger partial charge in [0.1, 0.15) is 5.75 Å². The number of ether oxygens (including phenoxy) is 1. The summed E-state index contributed by atoms with van der Waals surface area (Å²) in [4.78, 5) is 5.87. The van der Waals surface area contributed by atoms with Crippen molar-refractivity contribution in [3.05, 3.63) is 28.6 Å². The van der Waals surface area contributed by atoms with Crippen LogP contribution in [0.2, 0.25) is 0 Å². The first-order valence-corrected chi connectivity index (χ1v) is 7.52. The smallest absolute Gasteiger partial charge is 0.183 e. The summed E-state index contributed by atoms with van der Waals surface area (Å²) in [5, 5.41) is 4.06. The largest absolute Gasteiger partial charge is 0.496 e. The van der Waals surface area contributed by atoms with E-state index in [4.69, 9.17) is 4.74 Å². The summed E-state index contributed by atoms with van der Waals surface area (Å²) >= 11 is 1.68. The number of hydrogen-bond acceptors (Lipinski definition) is 4. The summed E-state index contributed by atoms with van der Waals surface area (Å²) in [6.45, 7) is 8.69. The number of anilines is 1. The number of benzene rings is 1. The van der Waals surface area contributed by atoms with E-state index in [1.165, 1.54) is 10.4 Å². The minimum Gasteiger partial charge on any atom is -0.496 e. The van der Waals surface area contributed by atoms with E-state index in [9.17, 15) is 0 Å². The summed E-state index contributed by atoms with van der Waals surface area (Å²) in [6.07, 6.45) is 0. The zero-order valence-corrected chi connectivity index (χ0v) is 13.8. The van der Waals surface area contributed by atoms with Crippen LogP contribution in [-0.4, -0.2) is 19.1 Å². The molecule has 0 saturated heterocycles. The molecule has 0 fully saturated rings. The van der Waals surface area contributed by atoms with Gasteiger partial charge in [0.15, 0.2) is 5.13 Å². The van der Waals surface area contributed by atoms with E-state index in [1.54, 1.807) is 18.4 Å². The zero-order valence-electron chi connectivity index (χ0n) is 13.0. The maximum absolute atomic E-state index is 5.49. The molecule has 1 N–H and O–H groups in total. The van der Waals surface area contributed by atoms with Gasteiger partial charge in [-0.2, -0.15) is 0 Å². The molecule has 2 aromatic rings. The molecule has 0 spiro atoms. The highest BCUT2D eigenvalue weighted by atomic mass is 32.1. The maximum Gasteiger partial charge on any atom is 0.183 e. The highest BCUT2D eigenvalue weighted by molar-refractivity contribution is 7.15. The molecule has 0 bridgehead atoms. The Morgan fingerprint density at radius 1 is 1.25 bits per heavy atom. The van der Waals surface area contributed by atoms with Gasteiger partial charge in [-0.05, 0) is 30.5 Å². The number of thiazole rings is 1. The van der Waals surface area contributed by atoms with Crippen LogP contribution in [0.1, 0.15) is 31.2 Å². The summed E-state index contributed by atoms with van der Waals surface area (Å²) in [6, 6.07) is 6.31. The first kappa shape index (κ1) is 14.9. The Morgan fingerprint density at radius 2 is 1.95 bits per heavy atom. The molecule has 0 unspecified atom stereocenters. The lowest BCUT2D eigenvalue weighted by atomic mass is 9.85. The number of aryl methyl sites for hydroxylation is 1. The SMILES string of the molecule is CNc1nc(-c2ccc(OC)c(C(C)(C)C)c2)c(C)s1. The second-order valence-electron chi connectivity index (χ2n) is 5.84. The van der Waals surface area contributed by atoms with Gasteiger partial charge in [0, 0.05) is 23.1 Å². The standard InChI is InChI=1S/C16H22N2OS/c1-10-14(18-15(17-5)20-10)11-7-8-13(19-6)12(9-11)16(2,3)4/h7-9H,1-6H3,(H,17,18). The zero-order chi connectivity index (χ0) is 14.9. The number of methoxy groups -OCH3 is 1. The fraction of sp³-hybridized carbons (Fsp3) is 0.438. The van der Waals surface area contributed by atoms with E-state index in [0.717, 1.165) is 22.1 Å². The van der Waals surface area contributed by atoms with E-state index in [2.05, 4.69) is 50.1 Å². The summed E-state index contributed by atoms with van der Waals surface area (Å²) in [7, 11) is 3.62. The van der Waals surface area contributed by atoms with E-state index in [1.807, 2.05) is 13.1 Å². The molecule has 0 saturated carbocycles. The first-order valence-electron chi connectivity index (χ1n) is 6.71. The number of hydrogen-bond donors (Lipinski definition) is 1. The third kappa shape index (κ3) is 2.80. The van der Waals surface area contributed by atoms with Crippen molar-refractivity contribution in [1.82, 2.24) is 4.98 Å². The van der Waals surface area contributed by atoms with Gasteiger partial charge in [0.25, 0.3) is 0 Å². The first-order chi connectivity index (χ1) is 9.36. The van der Waals surface area contributed by atoms with Gasteiger partial charge < -0.3 is 10.1 Å². The van der Waals surface area contributed by atoms with Gasteiger partial charge in [-0.1, -0.05) is 20.8 Å². The molecular weight excluding hydrogens is 268 g/mol. The Hall–Kier alpha value is -1.55. The highest BCUT2D eigenvalue weighted by Crippen LogP contribution is 2.37. The van der Waals surface area contributed by atoms with Crippen LogP contribution in [0.5, 0.6) is 5.75 Å². The molecule has 0 radical (unpaired) electrons. The van der Waals surface area contributed by atoms with Crippen LogP contribution in [0.25, 0.3) is 11.3 Å². The molecule has 0 aliphatic rings. The van der Waals surface area contributed by atoms with Crippen LogP contribution in [0.3, 0.4) is 0 Å². The molecule has 2 rings (SSSR count). The van der Waals surface area contributed by atoms with Gasteiger partial charge in [0.05, 0.1) is 12.8 Å². The fourth-order valence-corrected chi connectivity index (χ4v) is 3.00. The van der Waals surface area contributed by atoms with Crippen molar-refractivity contribution in [2.75, 3.05) is 19.5 Å². The predicted molar refractivity (Wildman–Crippen MR) is 87.1 cm³/mol. The van der Waals surface area contributed by atoms with Crippen molar-refractivity contribution in [3.8, 4) is 17.0 Å². The van der Waals surface area contributed by atoms with E-state index in [0.29, 0.717) is 0 Å². The molecule has 20 heavy (non-hydrogen) atoms. The van der Waals surface area contributed by atoms with E-state index in [-0.39, 0.29) is 5.41 Å². The van der Waals surface area contributed by atoms with Gasteiger partial charge in [-0.3, -0.25) is 0 Å². The lowest BCUT2D eigenvalue weighted by molar-refractivity contribution is 0.397. The minimum absolute atomic E-state index is 0.0388. The predicted octanol–water partition coefficient (Wildman–Crippen LogP) is 4.47. The van der Waals surface area contributed by atoms with Gasteiger partial charge in [-0.25, -0.2) is 4.98 Å². The average Bonchev–Trinajstić information content (AvgIpc) is 2.78. The molecule has 1 heterocycles. The van der Waals surface area contributed by atoms with Crippen LogP contribution in [0, 0.1) is 6.92 Å². The monoisotopic (exact) mass is 290 g/mol. The molecule has 108 valence electrons. The Balaban J connectivity index is 2.55. The molecule has 0 atom stereocenters. The molecule has 1 aromatic heterocycles. The van der Waals surface area contributed by atoms with Gasteiger partial charge in [0.2, 0.25) is 0 Å². The number of nitrogens with one attached hydrogen (secondary N) is 1. The molecule has 0 aliphatic carbocycles. The second kappa shape index (κ2) is 5.44. The van der Waals surface area contributed by atoms with Gasteiger partial charge in [-0.15, -0.1) is 11.3 Å². The average molecular weight is 290 g/mol. The Labute approximate surface area is 125 Å². The van der Waals surface area contributed by atoms with Crippen molar-refractivity contribution in [1.29, 1.82) is 0 Å². The third-order valence-corrected chi connectivity index (χ3v) is 4.28. The molecule has 0 amide bonds. The lowest BCUT2D eigenvalue weighted by Crippen LogP contribution is -2.13. The van der Waals surface area contributed by atoms with Crippen molar-refractivity contribution >= 4 is 16.5 Å². The van der Waals surface area contributed by atoms with Gasteiger partial charge >= 0.3 is 0 Å². The van der Waals surface area contributed by atoms with Crippen molar-refractivity contribution in [2.24, 2.45) is 0 Å². The Kier molecular flexibility index (Phi) is 4.04. The molecule has 0 aliphatic heterocycles. The van der Waals surface area contributed by atoms with Crippen LogP contribution >= 0.6 is 11.3 Å². The summed E-state index contributed by atoms with van der Waals surface area (Å²) < 4.78 is 5.49. The minimum atomic E-state index is 0.0388. The number of aromatic nitrogens is 1. The van der Waals surface area contributed by atoms with E-state index < -0.39 is 0 Å². The Morgan fingerprint density at radius 3 is 2.45 bits per heavy atom. The van der Waals surface area contributed by atoms with Crippen molar-refractivity contribution < 1.29 is 4.74 Å². The summed E-state index contributed by atoms with van der Waals surface area (Å²) in [5.41, 5.74) is 3.44. The summed E-state index contributed by atoms with van der Waals surface area (Å²) in [5.74, 6) is 0.933. The van der Waals surface area contributed by atoms with Crippen LogP contribution in [-0.2, 0) is 5.41 Å². The topological polar surface area (TPSA) is 34.2 Å². The highest BCUT2D eigenvalue weighted by Gasteiger charge is 2.20. The maximum atomic E-state index is 5.49. The number of rotatable bonds is 3. The Bertz CT molecular complexity index is 611. The van der Waals surface area contributed by atoms with Crippen LogP contribution < -0.4 is 10.1 Å². The fourth-order valence-electron chi connectivity index (χ4n) is 2.21.